The fraction of sp³-hybridized carbons (Fsp3) is 0.635. The summed E-state index contributed by atoms with van der Waals surface area (Å²) in [5.41, 5.74) is 0. The van der Waals surface area contributed by atoms with Crippen molar-refractivity contribution in [3.8, 4) is 0 Å². The molecule has 0 saturated carbocycles. The summed E-state index contributed by atoms with van der Waals surface area (Å²) in [5, 5.41) is 0. The van der Waals surface area contributed by atoms with Gasteiger partial charge in [0, 0.05) is 19.3 Å². The maximum Gasteiger partial charge on any atom is 0.306 e. The van der Waals surface area contributed by atoms with Crippen LogP contribution in [0.1, 0.15) is 239 Å². The first-order valence-electron chi connectivity index (χ1n) is 28.1. The van der Waals surface area contributed by atoms with Crippen LogP contribution in [0.25, 0.3) is 0 Å². The van der Waals surface area contributed by atoms with Crippen LogP contribution in [-0.4, -0.2) is 37.2 Å². The lowest BCUT2D eigenvalue weighted by Gasteiger charge is -2.18. The summed E-state index contributed by atoms with van der Waals surface area (Å²) in [5.74, 6) is -0.983. The molecule has 0 saturated heterocycles. The number of carbonyl (C=O) groups excluding carboxylic acids is 3. The number of carbonyl (C=O) groups is 3. The van der Waals surface area contributed by atoms with Gasteiger partial charge in [-0.15, -0.1) is 0 Å². The van der Waals surface area contributed by atoms with Crippen molar-refractivity contribution in [3.63, 3.8) is 0 Å². The second-order valence-corrected chi connectivity index (χ2v) is 18.2. The maximum atomic E-state index is 12.8. The average Bonchev–Trinajstić information content (AvgIpc) is 3.35. The predicted molar refractivity (Wildman–Crippen MR) is 297 cm³/mol. The SMILES string of the molecule is CC/C=C\C/C=C\C/C=C\C/C=C\C/C=C\CCCCCC(=O)OCC(COC(=O)CCCCC/C=C\CCCCCCCCC)OC(=O)CCCCCCC\C=C/C=C\C=C/C=C\CCCCC. The molecule has 0 aliphatic rings. The second kappa shape index (κ2) is 56.4. The summed E-state index contributed by atoms with van der Waals surface area (Å²) >= 11 is 0. The smallest absolute Gasteiger partial charge is 0.306 e. The molecule has 0 N–H and O–H groups in total. The van der Waals surface area contributed by atoms with Crippen molar-refractivity contribution in [2.45, 2.75) is 245 Å². The highest BCUT2D eigenvalue weighted by molar-refractivity contribution is 5.71. The van der Waals surface area contributed by atoms with Crippen molar-refractivity contribution in [1.29, 1.82) is 0 Å². The zero-order chi connectivity index (χ0) is 50.0. The van der Waals surface area contributed by atoms with E-state index in [0.717, 1.165) is 135 Å². The number of rotatable bonds is 49. The van der Waals surface area contributed by atoms with Crippen LogP contribution in [0.15, 0.2) is 122 Å². The third-order valence-electron chi connectivity index (χ3n) is 11.5. The van der Waals surface area contributed by atoms with Crippen molar-refractivity contribution in [2.75, 3.05) is 13.2 Å². The minimum absolute atomic E-state index is 0.110. The Kier molecular flexibility index (Phi) is 53.0. The van der Waals surface area contributed by atoms with Gasteiger partial charge in [-0.05, 0) is 116 Å². The first-order valence-corrected chi connectivity index (χ1v) is 28.1. The summed E-state index contributed by atoms with van der Waals surface area (Å²) in [6.45, 7) is 6.41. The van der Waals surface area contributed by atoms with Crippen LogP contribution in [0.5, 0.6) is 0 Å². The molecular formula is C63H102O6. The molecule has 390 valence electrons. The van der Waals surface area contributed by atoms with Crippen LogP contribution in [-0.2, 0) is 28.6 Å². The van der Waals surface area contributed by atoms with E-state index in [-0.39, 0.29) is 37.5 Å². The largest absolute Gasteiger partial charge is 0.462 e. The molecule has 0 aliphatic carbocycles. The first-order chi connectivity index (χ1) is 34.0. The van der Waals surface area contributed by atoms with Gasteiger partial charge in [0.1, 0.15) is 13.2 Å². The highest BCUT2D eigenvalue weighted by Crippen LogP contribution is 2.13. The Bertz CT molecular complexity index is 1470. The molecule has 0 rings (SSSR count). The van der Waals surface area contributed by atoms with Gasteiger partial charge >= 0.3 is 17.9 Å². The highest BCUT2D eigenvalue weighted by Gasteiger charge is 2.19. The lowest BCUT2D eigenvalue weighted by Crippen LogP contribution is -2.30. The van der Waals surface area contributed by atoms with Crippen molar-refractivity contribution in [3.05, 3.63) is 122 Å². The van der Waals surface area contributed by atoms with E-state index in [4.69, 9.17) is 14.2 Å². The number of hydrogen-bond donors (Lipinski definition) is 0. The first kappa shape index (κ1) is 64.8. The quantitative estimate of drug-likeness (QED) is 0.0199. The van der Waals surface area contributed by atoms with Crippen LogP contribution < -0.4 is 0 Å². The fourth-order valence-electron chi connectivity index (χ4n) is 7.30. The van der Waals surface area contributed by atoms with Crippen molar-refractivity contribution >= 4 is 17.9 Å². The van der Waals surface area contributed by atoms with E-state index in [2.05, 4.69) is 142 Å². The van der Waals surface area contributed by atoms with E-state index in [1.54, 1.807) is 0 Å². The van der Waals surface area contributed by atoms with Crippen LogP contribution in [0.2, 0.25) is 0 Å². The van der Waals surface area contributed by atoms with E-state index in [1.807, 2.05) is 0 Å². The minimum atomic E-state index is -0.814. The van der Waals surface area contributed by atoms with Gasteiger partial charge in [0.05, 0.1) is 0 Å². The maximum absolute atomic E-state index is 12.8. The van der Waals surface area contributed by atoms with Gasteiger partial charge in [-0.25, -0.2) is 0 Å². The van der Waals surface area contributed by atoms with Crippen molar-refractivity contribution in [1.82, 2.24) is 0 Å². The molecule has 0 aromatic carbocycles. The lowest BCUT2D eigenvalue weighted by atomic mass is 10.1. The molecule has 69 heavy (non-hydrogen) atoms. The summed E-state index contributed by atoms with van der Waals surface area (Å²) in [6, 6.07) is 0. The summed E-state index contributed by atoms with van der Waals surface area (Å²) in [6.07, 6.45) is 77.5. The second-order valence-electron chi connectivity index (χ2n) is 18.2. The van der Waals surface area contributed by atoms with E-state index < -0.39 is 6.10 Å². The molecule has 0 amide bonds. The topological polar surface area (TPSA) is 78.9 Å². The number of hydrogen-bond acceptors (Lipinski definition) is 6. The summed E-state index contributed by atoms with van der Waals surface area (Å²) in [4.78, 5) is 38.1. The third kappa shape index (κ3) is 54.6. The van der Waals surface area contributed by atoms with Gasteiger partial charge < -0.3 is 14.2 Å². The standard InChI is InChI=1S/C63H102O6/c1-4-7-10-13-16-19-22-25-28-30-32-34-35-38-41-44-47-50-53-56-62(65)68-59-60(58-67-61(64)55-52-49-46-43-40-37-27-24-21-18-15-12-9-6-3)69-63(66)57-54-51-48-45-42-39-36-33-31-29-26-23-20-17-14-11-8-5-2/h7,10,16-17,19-20,23,25-26,28-29,31-34,36-38,40-41,60H,4-6,8-9,11-15,18,21-22,24,27,30,35,39,42-59H2,1-3H3/b10-7-,19-16-,20-17-,26-23-,28-25-,31-29-,34-32-,36-33-,40-37-,41-38-. The molecule has 0 aromatic rings. The molecule has 0 aromatic heterocycles. The number of allylic oxidation sites excluding steroid dienone is 20. The molecule has 0 bridgehead atoms. The van der Waals surface area contributed by atoms with Gasteiger partial charge in [-0.2, -0.15) is 0 Å². The summed E-state index contributed by atoms with van der Waals surface area (Å²) in [7, 11) is 0. The van der Waals surface area contributed by atoms with Gasteiger partial charge in [-0.1, -0.05) is 226 Å². The predicted octanol–water partition coefficient (Wildman–Crippen LogP) is 18.9. The third-order valence-corrected chi connectivity index (χ3v) is 11.5. The van der Waals surface area contributed by atoms with Gasteiger partial charge in [0.2, 0.25) is 0 Å². The molecule has 6 heteroatoms. The Morgan fingerprint density at radius 1 is 0.319 bits per heavy atom. The Morgan fingerprint density at radius 2 is 0.623 bits per heavy atom. The Hall–Kier alpha value is -4.19. The molecule has 1 unspecified atom stereocenters. The van der Waals surface area contributed by atoms with E-state index in [0.29, 0.717) is 12.8 Å². The molecular weight excluding hydrogens is 853 g/mol. The molecule has 0 fully saturated rings. The molecule has 0 radical (unpaired) electrons. The van der Waals surface area contributed by atoms with Crippen molar-refractivity contribution in [2.24, 2.45) is 0 Å². The highest BCUT2D eigenvalue weighted by atomic mass is 16.6. The number of esters is 3. The van der Waals surface area contributed by atoms with Crippen LogP contribution in [0.3, 0.4) is 0 Å². The molecule has 0 aliphatic heterocycles. The van der Waals surface area contributed by atoms with Crippen LogP contribution >= 0.6 is 0 Å². The number of unbranched alkanes of at least 4 members (excludes halogenated alkanes) is 21. The summed E-state index contributed by atoms with van der Waals surface area (Å²) < 4.78 is 16.8. The normalized spacial score (nSPS) is 13.0. The average molecular weight is 956 g/mol. The van der Waals surface area contributed by atoms with E-state index in [1.165, 1.54) is 64.2 Å². The monoisotopic (exact) mass is 955 g/mol. The Labute approximate surface area is 424 Å². The van der Waals surface area contributed by atoms with E-state index >= 15 is 0 Å². The lowest BCUT2D eigenvalue weighted by molar-refractivity contribution is -0.167. The van der Waals surface area contributed by atoms with Crippen LogP contribution in [0.4, 0.5) is 0 Å². The van der Waals surface area contributed by atoms with Gasteiger partial charge in [0.15, 0.2) is 6.10 Å². The Balaban J connectivity index is 4.54. The Morgan fingerprint density at radius 3 is 1.07 bits per heavy atom. The van der Waals surface area contributed by atoms with E-state index in [9.17, 15) is 14.4 Å². The van der Waals surface area contributed by atoms with Gasteiger partial charge in [0.25, 0.3) is 0 Å². The van der Waals surface area contributed by atoms with Crippen LogP contribution in [0, 0.1) is 0 Å². The molecule has 1 atom stereocenters. The zero-order valence-electron chi connectivity index (χ0n) is 44.5. The number of ether oxygens (including phenoxy) is 3. The molecule has 0 heterocycles. The van der Waals surface area contributed by atoms with Gasteiger partial charge in [-0.3, -0.25) is 14.4 Å². The van der Waals surface area contributed by atoms with Crippen molar-refractivity contribution < 1.29 is 28.6 Å². The minimum Gasteiger partial charge on any atom is -0.462 e. The molecule has 0 spiro atoms. The zero-order valence-corrected chi connectivity index (χ0v) is 44.5. The fourth-order valence-corrected chi connectivity index (χ4v) is 7.30. The molecule has 6 nitrogen and oxygen atoms in total.